The topological polar surface area (TPSA) is 69.7 Å². The van der Waals surface area contributed by atoms with Crippen molar-refractivity contribution < 1.29 is 14.4 Å². The van der Waals surface area contributed by atoms with Gasteiger partial charge < -0.3 is 10.2 Å². The zero-order valence-corrected chi connectivity index (χ0v) is 12.8. The molecule has 2 aliphatic rings. The van der Waals surface area contributed by atoms with E-state index in [1.165, 1.54) is 4.90 Å². The first kappa shape index (κ1) is 14.9. The summed E-state index contributed by atoms with van der Waals surface area (Å²) in [7, 11) is 0. The highest BCUT2D eigenvalue weighted by atomic mass is 32.2. The van der Waals surface area contributed by atoms with Crippen LogP contribution in [0.2, 0.25) is 0 Å². The molecule has 0 unspecified atom stereocenters. The minimum absolute atomic E-state index is 0.0734. The summed E-state index contributed by atoms with van der Waals surface area (Å²) >= 11 is 1.06. The smallest absolute Gasteiger partial charge is 0.321 e. The lowest BCUT2D eigenvalue weighted by atomic mass is 10.0. The molecule has 3 rings (SSSR count). The van der Waals surface area contributed by atoms with Gasteiger partial charge in [-0.2, -0.15) is 0 Å². The van der Waals surface area contributed by atoms with Crippen molar-refractivity contribution >= 4 is 34.6 Å². The third-order valence-electron chi connectivity index (χ3n) is 3.93. The molecule has 6 nitrogen and oxygen atoms in total. The van der Waals surface area contributed by atoms with Crippen LogP contribution in [0.4, 0.5) is 15.3 Å². The summed E-state index contributed by atoms with van der Waals surface area (Å²) in [5, 5.41) is 2.69. The van der Waals surface area contributed by atoms with Gasteiger partial charge in [0.1, 0.15) is 0 Å². The van der Waals surface area contributed by atoms with Gasteiger partial charge in [0.05, 0.1) is 5.75 Å². The summed E-state index contributed by atoms with van der Waals surface area (Å²) in [6.07, 6.45) is 1.28. The molecule has 4 amide bonds. The molecule has 0 saturated carbocycles. The van der Waals surface area contributed by atoms with Crippen LogP contribution in [0.25, 0.3) is 0 Å². The van der Waals surface area contributed by atoms with E-state index in [9.17, 15) is 14.4 Å². The number of thioether (sulfide) groups is 1. The van der Waals surface area contributed by atoms with Crippen molar-refractivity contribution in [3.05, 3.63) is 30.3 Å². The molecular formula is C15H17N3O3S. The zero-order chi connectivity index (χ0) is 15.5. The van der Waals surface area contributed by atoms with Crippen LogP contribution in [0.1, 0.15) is 12.8 Å². The molecule has 0 spiro atoms. The van der Waals surface area contributed by atoms with E-state index in [0.29, 0.717) is 25.9 Å². The van der Waals surface area contributed by atoms with E-state index in [-0.39, 0.29) is 29.0 Å². The number of nitrogens with one attached hydrogen (secondary N) is 1. The fourth-order valence-electron chi connectivity index (χ4n) is 2.77. The number of imide groups is 1. The van der Waals surface area contributed by atoms with Crippen LogP contribution in [0, 0.1) is 0 Å². The number of piperidine rings is 1. The summed E-state index contributed by atoms with van der Waals surface area (Å²) in [5.41, 5.74) is 0.760. The van der Waals surface area contributed by atoms with Crippen LogP contribution in [-0.4, -0.2) is 51.9 Å². The number of anilines is 1. The highest BCUT2D eigenvalue weighted by Gasteiger charge is 2.37. The molecule has 1 aromatic rings. The summed E-state index contributed by atoms with van der Waals surface area (Å²) in [6.45, 7) is 1.09. The average molecular weight is 319 g/mol. The fourth-order valence-corrected chi connectivity index (χ4v) is 3.54. The van der Waals surface area contributed by atoms with Crippen LogP contribution < -0.4 is 5.32 Å². The molecule has 2 saturated heterocycles. The van der Waals surface area contributed by atoms with Gasteiger partial charge in [0.2, 0.25) is 5.91 Å². The van der Waals surface area contributed by atoms with Crippen molar-refractivity contribution in [1.29, 1.82) is 0 Å². The SMILES string of the molecule is O=C(Nc1ccccc1)N1CCC(N2C(=O)CSC2=O)CC1. The Hall–Kier alpha value is -2.02. The molecule has 2 fully saturated rings. The predicted octanol–water partition coefficient (Wildman–Crippen LogP) is 2.38. The van der Waals surface area contributed by atoms with Gasteiger partial charge in [-0.3, -0.25) is 14.5 Å². The maximum absolute atomic E-state index is 12.2. The van der Waals surface area contributed by atoms with Crippen LogP contribution in [0.5, 0.6) is 0 Å². The van der Waals surface area contributed by atoms with E-state index >= 15 is 0 Å². The van der Waals surface area contributed by atoms with Gasteiger partial charge in [0, 0.05) is 24.8 Å². The standard InChI is InChI=1S/C15H17N3O3S/c19-13-10-22-15(21)18(13)12-6-8-17(9-7-12)14(20)16-11-4-2-1-3-5-11/h1-5,12H,6-10H2,(H,16,20). The Bertz CT molecular complexity index is 569. The molecular weight excluding hydrogens is 302 g/mol. The number of urea groups is 1. The number of benzene rings is 1. The Morgan fingerprint density at radius 3 is 2.41 bits per heavy atom. The normalized spacial score (nSPS) is 19.6. The molecule has 0 atom stereocenters. The van der Waals surface area contributed by atoms with Gasteiger partial charge in [0.15, 0.2) is 0 Å². The first-order valence-corrected chi connectivity index (χ1v) is 8.23. The number of hydrogen-bond donors (Lipinski definition) is 1. The molecule has 1 N–H and O–H groups in total. The Morgan fingerprint density at radius 1 is 1.14 bits per heavy atom. The Labute approximate surface area is 132 Å². The fraction of sp³-hybridized carbons (Fsp3) is 0.400. The Kier molecular flexibility index (Phi) is 4.33. The molecule has 0 bridgehead atoms. The number of hydrogen-bond acceptors (Lipinski definition) is 4. The van der Waals surface area contributed by atoms with Crippen molar-refractivity contribution in [2.45, 2.75) is 18.9 Å². The summed E-state index contributed by atoms with van der Waals surface area (Å²) in [4.78, 5) is 38.7. The van der Waals surface area contributed by atoms with Crippen LogP contribution in [0.15, 0.2) is 30.3 Å². The lowest BCUT2D eigenvalue weighted by Gasteiger charge is -2.35. The van der Waals surface area contributed by atoms with Gasteiger partial charge in [-0.05, 0) is 25.0 Å². The van der Waals surface area contributed by atoms with Crippen molar-refractivity contribution in [3.8, 4) is 0 Å². The highest BCUT2D eigenvalue weighted by Crippen LogP contribution is 2.26. The van der Waals surface area contributed by atoms with E-state index in [1.807, 2.05) is 30.3 Å². The second-order valence-electron chi connectivity index (χ2n) is 5.33. The summed E-state index contributed by atoms with van der Waals surface area (Å²) in [5.74, 6) is 0.135. The van der Waals surface area contributed by atoms with E-state index < -0.39 is 0 Å². The monoisotopic (exact) mass is 319 g/mol. The maximum Gasteiger partial charge on any atom is 0.321 e. The molecule has 2 aliphatic heterocycles. The Morgan fingerprint density at radius 2 is 1.82 bits per heavy atom. The molecule has 7 heteroatoms. The maximum atomic E-state index is 12.2. The van der Waals surface area contributed by atoms with Gasteiger partial charge in [0.25, 0.3) is 5.24 Å². The lowest BCUT2D eigenvalue weighted by molar-refractivity contribution is -0.126. The second-order valence-corrected chi connectivity index (χ2v) is 6.26. The molecule has 22 heavy (non-hydrogen) atoms. The van der Waals surface area contributed by atoms with E-state index in [4.69, 9.17) is 0 Å². The third-order valence-corrected chi connectivity index (χ3v) is 4.76. The van der Waals surface area contributed by atoms with E-state index in [1.54, 1.807) is 4.90 Å². The second kappa shape index (κ2) is 6.39. The van der Waals surface area contributed by atoms with Crippen molar-refractivity contribution in [2.24, 2.45) is 0 Å². The van der Waals surface area contributed by atoms with Crippen molar-refractivity contribution in [3.63, 3.8) is 0 Å². The van der Waals surface area contributed by atoms with Gasteiger partial charge >= 0.3 is 6.03 Å². The molecule has 0 radical (unpaired) electrons. The van der Waals surface area contributed by atoms with Crippen molar-refractivity contribution in [2.75, 3.05) is 24.2 Å². The van der Waals surface area contributed by atoms with Gasteiger partial charge in [-0.15, -0.1) is 0 Å². The molecule has 0 aliphatic carbocycles. The number of likely N-dealkylation sites (tertiary alicyclic amines) is 1. The first-order chi connectivity index (χ1) is 10.6. The molecule has 1 aromatic carbocycles. The van der Waals surface area contributed by atoms with Gasteiger partial charge in [-0.1, -0.05) is 30.0 Å². The molecule has 2 heterocycles. The van der Waals surface area contributed by atoms with Crippen LogP contribution in [0.3, 0.4) is 0 Å². The van der Waals surface area contributed by atoms with Crippen LogP contribution in [-0.2, 0) is 4.79 Å². The lowest BCUT2D eigenvalue weighted by Crippen LogP contribution is -2.49. The number of para-hydroxylation sites is 1. The van der Waals surface area contributed by atoms with Crippen LogP contribution >= 0.6 is 11.8 Å². The zero-order valence-electron chi connectivity index (χ0n) is 12.0. The van der Waals surface area contributed by atoms with Gasteiger partial charge in [-0.25, -0.2) is 4.79 Å². The third kappa shape index (κ3) is 3.09. The number of carbonyl (C=O) groups is 3. The highest BCUT2D eigenvalue weighted by molar-refractivity contribution is 8.14. The van der Waals surface area contributed by atoms with E-state index in [2.05, 4.69) is 5.32 Å². The number of nitrogens with zero attached hydrogens (tertiary/aromatic N) is 2. The largest absolute Gasteiger partial charge is 0.324 e. The molecule has 0 aromatic heterocycles. The average Bonchev–Trinajstić information content (AvgIpc) is 2.87. The van der Waals surface area contributed by atoms with E-state index in [0.717, 1.165) is 17.4 Å². The number of amides is 4. The number of carbonyl (C=O) groups excluding carboxylic acids is 3. The summed E-state index contributed by atoms with van der Waals surface area (Å²) in [6, 6.07) is 9.08. The number of rotatable bonds is 2. The molecule has 116 valence electrons. The minimum atomic E-state index is -0.155. The Balaban J connectivity index is 1.54. The predicted molar refractivity (Wildman–Crippen MR) is 84.8 cm³/mol. The quantitative estimate of drug-likeness (QED) is 0.908. The summed E-state index contributed by atoms with van der Waals surface area (Å²) < 4.78 is 0. The first-order valence-electron chi connectivity index (χ1n) is 7.25. The van der Waals surface area contributed by atoms with Crippen molar-refractivity contribution in [1.82, 2.24) is 9.80 Å². The minimum Gasteiger partial charge on any atom is -0.324 e.